The number of benzene rings is 2. The third-order valence-electron chi connectivity index (χ3n) is 4.30. The number of nitrogens with zero attached hydrogens (tertiary/aromatic N) is 2. The third kappa shape index (κ3) is 3.86. The zero-order valence-corrected chi connectivity index (χ0v) is 15.9. The topological polar surface area (TPSA) is 75.8 Å². The highest BCUT2D eigenvalue weighted by molar-refractivity contribution is 6.35. The Morgan fingerprint density at radius 1 is 1.10 bits per heavy atom. The van der Waals surface area contributed by atoms with E-state index in [2.05, 4.69) is 4.98 Å². The number of ether oxygens (including phenoxy) is 1. The summed E-state index contributed by atoms with van der Waals surface area (Å²) >= 11 is 6.34. The maximum absolute atomic E-state index is 12.9. The average Bonchev–Trinajstić information content (AvgIpc) is 3.14. The fourth-order valence-corrected chi connectivity index (χ4v) is 3.06. The molecule has 6 nitrogen and oxygen atoms in total. The predicted molar refractivity (Wildman–Crippen MR) is 107 cm³/mol. The number of amides is 1. The molecule has 2 aromatic carbocycles. The number of pyridine rings is 1. The molecular formula is C21H14ClFN2O4. The predicted octanol–water partition coefficient (Wildman–Crippen LogP) is 6.19. The molecule has 0 unspecified atom stereocenters. The van der Waals surface area contributed by atoms with E-state index in [4.69, 9.17) is 25.9 Å². The van der Waals surface area contributed by atoms with Crippen molar-refractivity contribution in [3.63, 3.8) is 0 Å². The number of hydrogen-bond acceptors (Lipinski definition) is 4. The highest BCUT2D eigenvalue weighted by atomic mass is 35.5. The van der Waals surface area contributed by atoms with Crippen LogP contribution in [-0.2, 0) is 0 Å². The Kier molecular flexibility index (Phi) is 4.82. The van der Waals surface area contributed by atoms with Gasteiger partial charge in [0.2, 0.25) is 11.8 Å². The van der Waals surface area contributed by atoms with Gasteiger partial charge in [0.05, 0.1) is 11.2 Å². The summed E-state index contributed by atoms with van der Waals surface area (Å²) in [6.45, 7) is 0. The van der Waals surface area contributed by atoms with E-state index in [1.165, 1.54) is 25.4 Å². The number of carbonyl (C=O) groups is 1. The number of carboxylic acid groups (broad SMARTS) is 1. The second-order valence-corrected chi connectivity index (χ2v) is 6.65. The van der Waals surface area contributed by atoms with Crippen molar-refractivity contribution < 1.29 is 23.4 Å². The monoisotopic (exact) mass is 412 g/mol. The van der Waals surface area contributed by atoms with E-state index in [-0.39, 0.29) is 5.88 Å². The second kappa shape index (κ2) is 7.44. The number of aromatic nitrogens is 1. The van der Waals surface area contributed by atoms with Crippen LogP contribution in [0.5, 0.6) is 11.5 Å². The van der Waals surface area contributed by atoms with Crippen LogP contribution in [0.4, 0.5) is 15.1 Å². The summed E-state index contributed by atoms with van der Waals surface area (Å²) in [7, 11) is 1.39. The Morgan fingerprint density at radius 2 is 1.83 bits per heavy atom. The highest BCUT2D eigenvalue weighted by Crippen LogP contribution is 2.36. The Morgan fingerprint density at radius 3 is 2.48 bits per heavy atom. The van der Waals surface area contributed by atoms with Gasteiger partial charge in [-0.2, -0.15) is 4.39 Å². The number of halogens is 2. The molecule has 0 atom stereocenters. The molecule has 29 heavy (non-hydrogen) atoms. The molecule has 4 rings (SSSR count). The van der Waals surface area contributed by atoms with Gasteiger partial charge in [-0.05, 0) is 47.5 Å². The molecule has 2 aromatic heterocycles. The molecule has 0 saturated heterocycles. The van der Waals surface area contributed by atoms with Crippen LogP contribution in [0.2, 0.25) is 5.02 Å². The minimum absolute atomic E-state index is 0.184. The van der Waals surface area contributed by atoms with Crippen molar-refractivity contribution in [2.75, 3.05) is 11.9 Å². The van der Waals surface area contributed by atoms with E-state index >= 15 is 0 Å². The van der Waals surface area contributed by atoms with Crippen molar-refractivity contribution >= 4 is 34.5 Å². The van der Waals surface area contributed by atoms with Crippen LogP contribution in [0, 0.1) is 5.95 Å². The first kappa shape index (κ1) is 18.8. The van der Waals surface area contributed by atoms with Gasteiger partial charge >= 0.3 is 6.09 Å². The lowest BCUT2D eigenvalue weighted by Crippen LogP contribution is -2.22. The van der Waals surface area contributed by atoms with Gasteiger partial charge in [-0.1, -0.05) is 23.7 Å². The van der Waals surface area contributed by atoms with Crippen LogP contribution in [0.3, 0.4) is 0 Å². The zero-order valence-electron chi connectivity index (χ0n) is 15.1. The van der Waals surface area contributed by atoms with Gasteiger partial charge in [0.1, 0.15) is 11.5 Å². The van der Waals surface area contributed by atoms with Crippen molar-refractivity contribution in [1.82, 2.24) is 4.98 Å². The molecule has 0 bridgehead atoms. The lowest BCUT2D eigenvalue weighted by molar-refractivity contribution is 0.202. The highest BCUT2D eigenvalue weighted by Gasteiger charge is 2.16. The molecule has 0 radical (unpaired) electrons. The largest absolute Gasteiger partial charge is 0.465 e. The minimum Gasteiger partial charge on any atom is -0.465 e. The van der Waals surface area contributed by atoms with E-state index in [9.17, 15) is 9.18 Å². The van der Waals surface area contributed by atoms with Crippen molar-refractivity contribution in [3.8, 4) is 22.6 Å². The normalized spacial score (nSPS) is 10.9. The van der Waals surface area contributed by atoms with Gasteiger partial charge in [0.15, 0.2) is 5.58 Å². The molecule has 0 aliphatic heterocycles. The van der Waals surface area contributed by atoms with Crippen LogP contribution in [0.1, 0.15) is 0 Å². The molecule has 0 spiro atoms. The van der Waals surface area contributed by atoms with Gasteiger partial charge < -0.3 is 14.3 Å². The van der Waals surface area contributed by atoms with Crippen LogP contribution >= 0.6 is 11.6 Å². The SMILES string of the molecule is CN(C(=O)O)c1cc2cc(-c3ccc(Oc4ccc(F)nc4)cc3)cc(Cl)c2o1. The molecule has 4 aromatic rings. The summed E-state index contributed by atoms with van der Waals surface area (Å²) in [5.41, 5.74) is 2.14. The van der Waals surface area contributed by atoms with Crippen molar-refractivity contribution in [1.29, 1.82) is 0 Å². The van der Waals surface area contributed by atoms with E-state index < -0.39 is 12.0 Å². The minimum atomic E-state index is -1.13. The summed E-state index contributed by atoms with van der Waals surface area (Å²) in [6.07, 6.45) is 0.175. The first-order chi connectivity index (χ1) is 13.9. The molecule has 0 aliphatic rings. The first-order valence-electron chi connectivity index (χ1n) is 8.50. The van der Waals surface area contributed by atoms with Gasteiger partial charge in [-0.3, -0.25) is 4.90 Å². The van der Waals surface area contributed by atoms with Gasteiger partial charge in [-0.25, -0.2) is 9.78 Å². The Labute approximate surface area is 169 Å². The standard InChI is InChI=1S/C21H14ClFN2O4/c1-25(21(26)27)19-10-14-8-13(9-17(22)20(14)29-19)12-2-4-15(5-3-12)28-16-6-7-18(23)24-11-16/h2-11H,1H3,(H,26,27). The number of fused-ring (bicyclic) bond motifs is 1. The molecule has 2 heterocycles. The van der Waals surface area contributed by atoms with Gasteiger partial charge in [0.25, 0.3) is 0 Å². The zero-order chi connectivity index (χ0) is 20.5. The van der Waals surface area contributed by atoms with Crippen LogP contribution < -0.4 is 9.64 Å². The molecule has 0 saturated carbocycles. The molecule has 1 amide bonds. The number of anilines is 1. The molecule has 0 fully saturated rings. The summed E-state index contributed by atoms with van der Waals surface area (Å²) in [5.74, 6) is 0.611. The lowest BCUT2D eigenvalue weighted by atomic mass is 10.0. The molecular weight excluding hydrogens is 399 g/mol. The number of furan rings is 1. The average molecular weight is 413 g/mol. The third-order valence-corrected chi connectivity index (χ3v) is 4.58. The summed E-state index contributed by atoms with van der Waals surface area (Å²) in [6, 6.07) is 15.2. The Balaban J connectivity index is 1.62. The smallest absolute Gasteiger partial charge is 0.413 e. The van der Waals surface area contributed by atoms with E-state index in [0.717, 1.165) is 16.0 Å². The molecule has 0 aliphatic carbocycles. The molecule has 146 valence electrons. The summed E-state index contributed by atoms with van der Waals surface area (Å²) in [4.78, 5) is 15.7. The van der Waals surface area contributed by atoms with Crippen LogP contribution in [0.15, 0.2) is 65.2 Å². The van der Waals surface area contributed by atoms with E-state index in [1.54, 1.807) is 24.3 Å². The van der Waals surface area contributed by atoms with E-state index in [0.29, 0.717) is 27.5 Å². The lowest BCUT2D eigenvalue weighted by Gasteiger charge is -2.07. The summed E-state index contributed by atoms with van der Waals surface area (Å²) in [5, 5.41) is 10.2. The van der Waals surface area contributed by atoms with Gasteiger partial charge in [-0.15, -0.1) is 0 Å². The molecule has 1 N–H and O–H groups in total. The van der Waals surface area contributed by atoms with Crippen molar-refractivity contribution in [3.05, 3.63) is 71.8 Å². The van der Waals surface area contributed by atoms with Crippen LogP contribution in [0.25, 0.3) is 22.1 Å². The maximum Gasteiger partial charge on any atom is 0.413 e. The number of rotatable bonds is 4. The second-order valence-electron chi connectivity index (χ2n) is 6.25. The fourth-order valence-electron chi connectivity index (χ4n) is 2.80. The Bertz CT molecular complexity index is 1190. The van der Waals surface area contributed by atoms with Crippen molar-refractivity contribution in [2.24, 2.45) is 0 Å². The summed E-state index contributed by atoms with van der Waals surface area (Å²) < 4.78 is 24.1. The van der Waals surface area contributed by atoms with E-state index in [1.807, 2.05) is 18.2 Å². The van der Waals surface area contributed by atoms with Gasteiger partial charge in [0, 0.05) is 18.5 Å². The van der Waals surface area contributed by atoms with Crippen molar-refractivity contribution in [2.45, 2.75) is 0 Å². The first-order valence-corrected chi connectivity index (χ1v) is 8.88. The maximum atomic E-state index is 12.9. The number of hydrogen-bond donors (Lipinski definition) is 1. The molecule has 8 heteroatoms. The quantitative estimate of drug-likeness (QED) is 0.404. The fraction of sp³-hybridized carbons (Fsp3) is 0.0476. The Hall–Kier alpha value is -3.58. The van der Waals surface area contributed by atoms with Crippen LogP contribution in [-0.4, -0.2) is 23.2 Å².